The van der Waals surface area contributed by atoms with Crippen LogP contribution in [0.15, 0.2) is 11.6 Å². The van der Waals surface area contributed by atoms with Crippen LogP contribution in [0.5, 0.6) is 0 Å². The zero-order valence-electron chi connectivity index (χ0n) is 22.5. The van der Waals surface area contributed by atoms with Crippen molar-refractivity contribution in [2.24, 2.45) is 11.8 Å². The van der Waals surface area contributed by atoms with Gasteiger partial charge in [-0.25, -0.2) is 0 Å². The highest BCUT2D eigenvalue weighted by Crippen LogP contribution is 2.22. The van der Waals surface area contributed by atoms with Gasteiger partial charge in [-0.05, 0) is 52.0 Å². The standard InChI is InChI=1S/C26H46N4O3S/c1-17(2)22(15-20(7)25(32)29-13-14-34-16-29)28(8)26(33)23(18(3)4)27-24(31)21-11-9-10-12-30(21)19(5)6/h15,17-19,21-23H,9-14,16H2,1-8H3,(H,27,31)/b20-15+/t21-,22?,23+/m1/s1. The average Bonchev–Trinajstić information content (AvgIpc) is 3.33. The van der Waals surface area contributed by atoms with E-state index in [1.165, 1.54) is 0 Å². The Morgan fingerprint density at radius 2 is 1.71 bits per heavy atom. The number of piperidine rings is 1. The maximum atomic E-state index is 13.6. The second-order valence-electron chi connectivity index (χ2n) is 10.7. The van der Waals surface area contributed by atoms with Crippen LogP contribution < -0.4 is 5.32 Å². The number of hydrogen-bond donors (Lipinski definition) is 1. The molecular weight excluding hydrogens is 448 g/mol. The van der Waals surface area contributed by atoms with Crippen LogP contribution in [-0.4, -0.2) is 88.4 Å². The number of thioether (sulfide) groups is 1. The molecule has 0 aromatic carbocycles. The Bertz CT molecular complexity index is 746. The van der Waals surface area contributed by atoms with E-state index in [0.717, 1.165) is 44.0 Å². The maximum absolute atomic E-state index is 13.6. The SMILES string of the molecule is C/C(=C\C(C(C)C)N(C)C(=O)[C@@H](NC(=O)[C@H]1CCCCN1C(C)C)C(C)C)C(=O)N1CCSC1. The van der Waals surface area contributed by atoms with Crippen molar-refractivity contribution in [2.75, 3.05) is 31.8 Å². The van der Waals surface area contributed by atoms with E-state index in [1.807, 2.05) is 31.7 Å². The molecule has 0 aromatic rings. The average molecular weight is 495 g/mol. The predicted molar refractivity (Wildman–Crippen MR) is 140 cm³/mol. The van der Waals surface area contributed by atoms with E-state index in [1.54, 1.807) is 23.7 Å². The van der Waals surface area contributed by atoms with Crippen molar-refractivity contribution in [3.05, 3.63) is 11.6 Å². The molecule has 3 atom stereocenters. The summed E-state index contributed by atoms with van der Waals surface area (Å²) in [5.74, 6) is 1.65. The molecule has 3 amide bonds. The minimum absolute atomic E-state index is 0.0382. The van der Waals surface area contributed by atoms with E-state index in [-0.39, 0.29) is 47.7 Å². The molecule has 34 heavy (non-hydrogen) atoms. The van der Waals surface area contributed by atoms with E-state index in [4.69, 9.17) is 0 Å². The van der Waals surface area contributed by atoms with Gasteiger partial charge in [-0.2, -0.15) is 0 Å². The number of carbonyl (C=O) groups excluding carboxylic acids is 3. The number of nitrogens with zero attached hydrogens (tertiary/aromatic N) is 3. The molecule has 2 rings (SSSR count). The molecule has 0 aliphatic carbocycles. The summed E-state index contributed by atoms with van der Waals surface area (Å²) >= 11 is 1.76. The van der Waals surface area contributed by atoms with Crippen LogP contribution in [0.4, 0.5) is 0 Å². The first-order valence-corrected chi connectivity index (χ1v) is 14.0. The Kier molecular flexibility index (Phi) is 10.9. The fourth-order valence-electron chi connectivity index (χ4n) is 4.89. The van der Waals surface area contributed by atoms with Gasteiger partial charge in [0, 0.05) is 31.0 Å². The van der Waals surface area contributed by atoms with Crippen LogP contribution in [0.3, 0.4) is 0 Å². The zero-order chi connectivity index (χ0) is 25.6. The summed E-state index contributed by atoms with van der Waals surface area (Å²) in [6, 6.07) is -0.732. The van der Waals surface area contributed by atoms with Gasteiger partial charge in [-0.1, -0.05) is 40.2 Å². The number of likely N-dealkylation sites (tertiary alicyclic amines) is 1. The third-order valence-electron chi connectivity index (χ3n) is 7.02. The Hall–Kier alpha value is -1.54. The van der Waals surface area contributed by atoms with Gasteiger partial charge in [0.2, 0.25) is 17.7 Å². The second-order valence-corrected chi connectivity index (χ2v) is 11.8. The molecule has 2 fully saturated rings. The van der Waals surface area contributed by atoms with Crippen LogP contribution >= 0.6 is 11.8 Å². The maximum Gasteiger partial charge on any atom is 0.249 e. The highest BCUT2D eigenvalue weighted by atomic mass is 32.2. The molecule has 0 bridgehead atoms. The van der Waals surface area contributed by atoms with Crippen molar-refractivity contribution in [3.8, 4) is 0 Å². The van der Waals surface area contributed by atoms with Gasteiger partial charge in [0.05, 0.1) is 18.0 Å². The molecular formula is C26H46N4O3S. The van der Waals surface area contributed by atoms with Gasteiger partial charge >= 0.3 is 0 Å². The third kappa shape index (κ3) is 7.23. The molecule has 0 radical (unpaired) electrons. The van der Waals surface area contributed by atoms with Crippen molar-refractivity contribution in [1.29, 1.82) is 0 Å². The summed E-state index contributed by atoms with van der Waals surface area (Å²) in [7, 11) is 1.79. The van der Waals surface area contributed by atoms with Crippen LogP contribution in [0.2, 0.25) is 0 Å². The lowest BCUT2D eigenvalue weighted by Crippen LogP contribution is -2.58. The summed E-state index contributed by atoms with van der Waals surface area (Å²) in [6.07, 6.45) is 4.89. The van der Waals surface area contributed by atoms with Crippen molar-refractivity contribution in [1.82, 2.24) is 20.0 Å². The molecule has 2 aliphatic heterocycles. The summed E-state index contributed by atoms with van der Waals surface area (Å²) < 4.78 is 0. The van der Waals surface area contributed by atoms with Crippen LogP contribution in [-0.2, 0) is 14.4 Å². The number of amides is 3. The fraction of sp³-hybridized carbons (Fsp3) is 0.808. The topological polar surface area (TPSA) is 73.0 Å². The predicted octanol–water partition coefficient (Wildman–Crippen LogP) is 3.35. The van der Waals surface area contributed by atoms with Crippen molar-refractivity contribution in [3.63, 3.8) is 0 Å². The smallest absolute Gasteiger partial charge is 0.249 e. The molecule has 7 nitrogen and oxygen atoms in total. The first-order valence-electron chi connectivity index (χ1n) is 12.8. The van der Waals surface area contributed by atoms with E-state index in [2.05, 4.69) is 37.9 Å². The Balaban J connectivity index is 2.17. The van der Waals surface area contributed by atoms with E-state index >= 15 is 0 Å². The number of hydrogen-bond acceptors (Lipinski definition) is 5. The number of nitrogens with one attached hydrogen (secondary N) is 1. The van der Waals surface area contributed by atoms with Gasteiger partial charge in [0.1, 0.15) is 6.04 Å². The van der Waals surface area contributed by atoms with Crippen LogP contribution in [0, 0.1) is 11.8 Å². The number of carbonyl (C=O) groups is 3. The van der Waals surface area contributed by atoms with Gasteiger partial charge in [0.25, 0.3) is 0 Å². The molecule has 0 aromatic heterocycles. The lowest BCUT2D eigenvalue weighted by molar-refractivity contribution is -0.140. The number of rotatable bonds is 9. The van der Waals surface area contributed by atoms with Gasteiger partial charge in [-0.3, -0.25) is 19.3 Å². The quantitative estimate of drug-likeness (QED) is 0.498. The largest absolute Gasteiger partial charge is 0.343 e. The van der Waals surface area contributed by atoms with Crippen LogP contribution in [0.1, 0.15) is 67.7 Å². The lowest BCUT2D eigenvalue weighted by atomic mass is 9.95. The fourth-order valence-corrected chi connectivity index (χ4v) is 5.83. The molecule has 0 saturated carbocycles. The summed E-state index contributed by atoms with van der Waals surface area (Å²) in [6.45, 7) is 15.8. The molecule has 8 heteroatoms. The Labute approximate surface area is 211 Å². The van der Waals surface area contributed by atoms with Gasteiger partial charge in [0.15, 0.2) is 0 Å². The molecule has 1 N–H and O–H groups in total. The molecule has 0 spiro atoms. The first-order chi connectivity index (χ1) is 16.0. The van der Waals surface area contributed by atoms with E-state index in [9.17, 15) is 14.4 Å². The van der Waals surface area contributed by atoms with E-state index < -0.39 is 6.04 Å². The minimum atomic E-state index is -0.603. The normalized spacial score (nSPS) is 21.8. The monoisotopic (exact) mass is 494 g/mol. The van der Waals surface area contributed by atoms with Gasteiger partial charge < -0.3 is 15.1 Å². The molecule has 2 heterocycles. The minimum Gasteiger partial charge on any atom is -0.343 e. The van der Waals surface area contributed by atoms with Crippen LogP contribution in [0.25, 0.3) is 0 Å². The first kappa shape index (κ1) is 28.7. The Morgan fingerprint density at radius 3 is 2.24 bits per heavy atom. The summed E-state index contributed by atoms with van der Waals surface area (Å²) in [5.41, 5.74) is 0.667. The zero-order valence-corrected chi connectivity index (χ0v) is 23.3. The van der Waals surface area contributed by atoms with Gasteiger partial charge in [-0.15, -0.1) is 11.8 Å². The molecule has 194 valence electrons. The second kappa shape index (κ2) is 13.0. The van der Waals surface area contributed by atoms with Crippen molar-refractivity contribution < 1.29 is 14.4 Å². The van der Waals surface area contributed by atoms with E-state index in [0.29, 0.717) is 5.57 Å². The van der Waals surface area contributed by atoms with Crippen molar-refractivity contribution in [2.45, 2.75) is 91.9 Å². The molecule has 2 aliphatic rings. The highest BCUT2D eigenvalue weighted by Gasteiger charge is 2.36. The summed E-state index contributed by atoms with van der Waals surface area (Å²) in [5, 5.41) is 3.10. The third-order valence-corrected chi connectivity index (χ3v) is 7.98. The number of likely N-dealkylation sites (N-methyl/N-ethyl adjacent to an activating group) is 1. The van der Waals surface area contributed by atoms with Crippen molar-refractivity contribution >= 4 is 29.5 Å². The summed E-state index contributed by atoms with van der Waals surface area (Å²) in [4.78, 5) is 45.6. The lowest BCUT2D eigenvalue weighted by Gasteiger charge is -2.39. The highest BCUT2D eigenvalue weighted by molar-refractivity contribution is 7.99. The molecule has 1 unspecified atom stereocenters. The molecule has 2 saturated heterocycles. The Morgan fingerprint density at radius 1 is 1.03 bits per heavy atom.